The number of esters is 1. The average molecular weight is 221 g/mol. The van der Waals surface area contributed by atoms with Gasteiger partial charge >= 0.3 is 5.97 Å². The minimum atomic E-state index is -0.594. The number of ether oxygens (including phenoxy) is 1. The fourth-order valence-corrected chi connectivity index (χ4v) is 1.05. The molecule has 1 aromatic heterocycles. The molecular formula is C7H6Cl2N2O2. The van der Waals surface area contributed by atoms with Crippen molar-refractivity contribution in [3.8, 4) is 0 Å². The Balaban J connectivity index is 3.23. The van der Waals surface area contributed by atoms with E-state index in [4.69, 9.17) is 28.9 Å². The van der Waals surface area contributed by atoms with Crippen LogP contribution in [0.25, 0.3) is 0 Å². The number of nitrogens with two attached hydrogens (primary N) is 1. The van der Waals surface area contributed by atoms with Crippen molar-refractivity contribution in [3.63, 3.8) is 0 Å². The van der Waals surface area contributed by atoms with Crippen molar-refractivity contribution in [3.05, 3.63) is 21.8 Å². The Morgan fingerprint density at radius 2 is 2.23 bits per heavy atom. The summed E-state index contributed by atoms with van der Waals surface area (Å²) in [7, 11) is 1.24. The van der Waals surface area contributed by atoms with Crippen molar-refractivity contribution in [1.82, 2.24) is 4.98 Å². The Hall–Kier alpha value is -1.00. The van der Waals surface area contributed by atoms with Crippen LogP contribution in [0.3, 0.4) is 0 Å². The molecule has 0 bridgehead atoms. The maximum absolute atomic E-state index is 11.1. The first-order valence-corrected chi connectivity index (χ1v) is 4.01. The summed E-state index contributed by atoms with van der Waals surface area (Å²) in [4.78, 5) is 14.7. The number of nitrogen functional groups attached to an aromatic ring is 1. The van der Waals surface area contributed by atoms with E-state index in [0.717, 1.165) is 0 Å². The first-order chi connectivity index (χ1) is 6.06. The average Bonchev–Trinajstić information content (AvgIpc) is 2.10. The highest BCUT2D eigenvalue weighted by Crippen LogP contribution is 2.24. The van der Waals surface area contributed by atoms with Crippen LogP contribution in [0.4, 0.5) is 5.82 Å². The van der Waals surface area contributed by atoms with Crippen molar-refractivity contribution in [1.29, 1.82) is 0 Å². The molecule has 0 saturated carbocycles. The normalized spacial score (nSPS) is 9.77. The first-order valence-electron chi connectivity index (χ1n) is 3.26. The molecule has 70 valence electrons. The number of rotatable bonds is 1. The molecule has 2 N–H and O–H groups in total. The molecule has 0 unspecified atom stereocenters. The third-order valence-electron chi connectivity index (χ3n) is 1.37. The van der Waals surface area contributed by atoms with Crippen LogP contribution in [-0.2, 0) is 4.74 Å². The molecule has 0 aliphatic carbocycles. The number of nitrogens with zero attached hydrogens (tertiary/aromatic N) is 1. The Labute approximate surface area is 84.6 Å². The van der Waals surface area contributed by atoms with E-state index in [1.807, 2.05) is 0 Å². The van der Waals surface area contributed by atoms with Crippen molar-refractivity contribution < 1.29 is 9.53 Å². The second kappa shape index (κ2) is 3.81. The van der Waals surface area contributed by atoms with Gasteiger partial charge in [-0.15, -0.1) is 0 Å². The maximum atomic E-state index is 11.1. The summed E-state index contributed by atoms with van der Waals surface area (Å²) in [5.74, 6) is -0.593. The lowest BCUT2D eigenvalue weighted by molar-refractivity contribution is 0.0601. The van der Waals surface area contributed by atoms with E-state index < -0.39 is 5.97 Å². The Kier molecular flexibility index (Phi) is 2.95. The molecule has 4 nitrogen and oxygen atoms in total. The van der Waals surface area contributed by atoms with Crippen LogP contribution in [-0.4, -0.2) is 18.1 Å². The number of halogens is 2. The van der Waals surface area contributed by atoms with Gasteiger partial charge < -0.3 is 10.5 Å². The highest BCUT2D eigenvalue weighted by atomic mass is 35.5. The number of aromatic nitrogens is 1. The predicted molar refractivity (Wildman–Crippen MR) is 50.0 cm³/mol. The van der Waals surface area contributed by atoms with Gasteiger partial charge in [-0.25, -0.2) is 9.78 Å². The van der Waals surface area contributed by atoms with Gasteiger partial charge in [-0.1, -0.05) is 23.2 Å². The molecular weight excluding hydrogens is 215 g/mol. The Bertz CT molecular complexity index is 355. The summed E-state index contributed by atoms with van der Waals surface area (Å²) in [5.41, 5.74) is 5.52. The fourth-order valence-electron chi connectivity index (χ4n) is 0.753. The summed E-state index contributed by atoms with van der Waals surface area (Å²) >= 11 is 11.2. The van der Waals surface area contributed by atoms with Gasteiger partial charge in [0, 0.05) is 0 Å². The molecule has 6 heteroatoms. The van der Waals surface area contributed by atoms with Gasteiger partial charge in [0.15, 0.2) is 0 Å². The standard InChI is InChI=1S/C7H6Cl2N2O2/c1-13-7(12)3-2-4(8)5(9)11-6(3)10/h2H,1H3,(H2,10,11). The van der Waals surface area contributed by atoms with Gasteiger partial charge in [0.25, 0.3) is 0 Å². The van der Waals surface area contributed by atoms with Gasteiger partial charge in [0.1, 0.15) is 16.5 Å². The summed E-state index contributed by atoms with van der Waals surface area (Å²) in [6.07, 6.45) is 0. The number of anilines is 1. The summed E-state index contributed by atoms with van der Waals surface area (Å²) in [6.45, 7) is 0. The van der Waals surface area contributed by atoms with E-state index in [9.17, 15) is 4.79 Å². The van der Waals surface area contributed by atoms with Crippen LogP contribution in [0, 0.1) is 0 Å². The number of pyridine rings is 1. The monoisotopic (exact) mass is 220 g/mol. The van der Waals surface area contributed by atoms with E-state index in [0.29, 0.717) is 0 Å². The third kappa shape index (κ3) is 2.02. The van der Waals surface area contributed by atoms with E-state index in [1.165, 1.54) is 13.2 Å². The minimum Gasteiger partial charge on any atom is -0.465 e. The molecule has 0 spiro atoms. The Morgan fingerprint density at radius 3 is 2.77 bits per heavy atom. The molecule has 0 amide bonds. The summed E-state index contributed by atoms with van der Waals surface area (Å²) in [6, 6.07) is 1.32. The smallest absolute Gasteiger partial charge is 0.341 e. The summed E-state index contributed by atoms with van der Waals surface area (Å²) in [5, 5.41) is 0.225. The molecule has 1 heterocycles. The van der Waals surface area contributed by atoms with E-state index in [2.05, 4.69) is 9.72 Å². The molecule has 0 atom stereocenters. The lowest BCUT2D eigenvalue weighted by Crippen LogP contribution is -2.07. The van der Waals surface area contributed by atoms with Crippen LogP contribution in [0.1, 0.15) is 10.4 Å². The van der Waals surface area contributed by atoms with Crippen LogP contribution >= 0.6 is 23.2 Å². The first kappa shape index (κ1) is 10.1. The molecule has 1 aromatic rings. The van der Waals surface area contributed by atoms with Crippen molar-refractivity contribution in [2.75, 3.05) is 12.8 Å². The maximum Gasteiger partial charge on any atom is 0.341 e. The molecule has 0 aromatic carbocycles. The lowest BCUT2D eigenvalue weighted by Gasteiger charge is -2.03. The van der Waals surface area contributed by atoms with Gasteiger partial charge in [-0.3, -0.25) is 0 Å². The molecule has 1 rings (SSSR count). The highest BCUT2D eigenvalue weighted by Gasteiger charge is 2.13. The molecule has 0 radical (unpaired) electrons. The number of hydrogen-bond acceptors (Lipinski definition) is 4. The lowest BCUT2D eigenvalue weighted by atomic mass is 10.2. The van der Waals surface area contributed by atoms with Gasteiger partial charge in [-0.05, 0) is 6.07 Å². The van der Waals surface area contributed by atoms with Crippen molar-refractivity contribution in [2.24, 2.45) is 0 Å². The second-order valence-corrected chi connectivity index (χ2v) is 2.95. The fraction of sp³-hybridized carbons (Fsp3) is 0.143. The topological polar surface area (TPSA) is 65.2 Å². The quantitative estimate of drug-likeness (QED) is 0.579. The zero-order valence-corrected chi connectivity index (χ0v) is 8.19. The van der Waals surface area contributed by atoms with Crippen LogP contribution in [0.2, 0.25) is 10.2 Å². The van der Waals surface area contributed by atoms with E-state index >= 15 is 0 Å². The minimum absolute atomic E-state index is 0.00116. The second-order valence-electron chi connectivity index (χ2n) is 2.19. The van der Waals surface area contributed by atoms with Crippen LogP contribution in [0.5, 0.6) is 0 Å². The third-order valence-corrected chi connectivity index (χ3v) is 2.04. The van der Waals surface area contributed by atoms with Crippen molar-refractivity contribution >= 4 is 35.0 Å². The molecule has 13 heavy (non-hydrogen) atoms. The zero-order valence-electron chi connectivity index (χ0n) is 6.67. The number of carbonyl (C=O) groups excluding carboxylic acids is 1. The Morgan fingerprint density at radius 1 is 1.62 bits per heavy atom. The predicted octanol–water partition coefficient (Wildman–Crippen LogP) is 1.76. The molecule has 0 saturated heterocycles. The van der Waals surface area contributed by atoms with Crippen molar-refractivity contribution in [2.45, 2.75) is 0 Å². The van der Waals surface area contributed by atoms with Crippen LogP contribution < -0.4 is 5.73 Å². The highest BCUT2D eigenvalue weighted by molar-refractivity contribution is 6.41. The zero-order chi connectivity index (χ0) is 10.0. The SMILES string of the molecule is COC(=O)c1cc(Cl)c(Cl)nc1N. The largest absolute Gasteiger partial charge is 0.465 e. The number of hydrogen-bond donors (Lipinski definition) is 1. The van der Waals surface area contributed by atoms with Gasteiger partial charge in [0.2, 0.25) is 0 Å². The molecule has 0 aliphatic rings. The number of carbonyl (C=O) groups is 1. The van der Waals surface area contributed by atoms with E-state index in [1.54, 1.807) is 0 Å². The van der Waals surface area contributed by atoms with E-state index in [-0.39, 0.29) is 21.6 Å². The molecule has 0 aliphatic heterocycles. The molecule has 0 fully saturated rings. The van der Waals surface area contributed by atoms with Crippen LogP contribution in [0.15, 0.2) is 6.07 Å². The summed E-state index contributed by atoms with van der Waals surface area (Å²) < 4.78 is 4.45. The number of methoxy groups -OCH3 is 1. The van der Waals surface area contributed by atoms with Gasteiger partial charge in [-0.2, -0.15) is 0 Å². The van der Waals surface area contributed by atoms with Gasteiger partial charge in [0.05, 0.1) is 12.1 Å².